The van der Waals surface area contributed by atoms with Gasteiger partial charge in [-0.2, -0.15) is 0 Å². The van der Waals surface area contributed by atoms with E-state index < -0.39 is 0 Å². The van der Waals surface area contributed by atoms with Gasteiger partial charge < -0.3 is 11.1 Å². The summed E-state index contributed by atoms with van der Waals surface area (Å²) < 4.78 is 0. The van der Waals surface area contributed by atoms with E-state index in [4.69, 9.17) is 17.3 Å². The Hall–Kier alpha value is -0.870. The van der Waals surface area contributed by atoms with E-state index in [1.165, 1.54) is 0 Å². The lowest BCUT2D eigenvalue weighted by Gasteiger charge is -2.15. The molecule has 3 nitrogen and oxygen atoms in total. The highest BCUT2D eigenvalue weighted by Crippen LogP contribution is 2.24. The van der Waals surface area contributed by atoms with Gasteiger partial charge >= 0.3 is 0 Å². The smallest absolute Gasteiger partial charge is 0.237 e. The van der Waals surface area contributed by atoms with Crippen molar-refractivity contribution < 1.29 is 4.79 Å². The van der Waals surface area contributed by atoms with Crippen LogP contribution in [0.1, 0.15) is 27.2 Å². The Balaban J connectivity index is 2.54. The van der Waals surface area contributed by atoms with E-state index in [1.54, 1.807) is 30.0 Å². The maximum absolute atomic E-state index is 12.0. The minimum atomic E-state index is -0.0934. The molecule has 0 aliphatic heterocycles. The Morgan fingerprint density at radius 2 is 2.16 bits per heavy atom. The third-order valence-electron chi connectivity index (χ3n) is 2.97. The molecule has 0 aromatic heterocycles. The van der Waals surface area contributed by atoms with E-state index in [9.17, 15) is 4.79 Å². The highest BCUT2D eigenvalue weighted by atomic mass is 35.5. The minimum Gasteiger partial charge on any atom is -0.397 e. The summed E-state index contributed by atoms with van der Waals surface area (Å²) in [6.45, 7) is 6.26. The number of thioether (sulfide) groups is 1. The second-order valence-electron chi connectivity index (χ2n) is 4.71. The van der Waals surface area contributed by atoms with Gasteiger partial charge in [-0.15, -0.1) is 11.8 Å². The van der Waals surface area contributed by atoms with Crippen LogP contribution in [0.4, 0.5) is 11.4 Å². The van der Waals surface area contributed by atoms with Crippen molar-refractivity contribution in [2.75, 3.05) is 16.8 Å². The number of nitrogen functional groups attached to an aromatic ring is 1. The molecule has 0 saturated carbocycles. The summed E-state index contributed by atoms with van der Waals surface area (Å²) in [4.78, 5) is 12.0. The van der Waals surface area contributed by atoms with Crippen molar-refractivity contribution in [3.8, 4) is 0 Å². The number of rotatable bonds is 6. The second kappa shape index (κ2) is 7.65. The van der Waals surface area contributed by atoms with Crippen LogP contribution in [0.2, 0.25) is 5.02 Å². The number of amides is 1. The fourth-order valence-electron chi connectivity index (χ4n) is 1.38. The van der Waals surface area contributed by atoms with Crippen LogP contribution in [0.15, 0.2) is 18.2 Å². The van der Waals surface area contributed by atoms with Crippen molar-refractivity contribution in [2.45, 2.75) is 32.4 Å². The van der Waals surface area contributed by atoms with Crippen molar-refractivity contribution in [1.29, 1.82) is 0 Å². The number of nitrogens with two attached hydrogens (primary N) is 1. The first-order valence-corrected chi connectivity index (χ1v) is 7.84. The van der Waals surface area contributed by atoms with Gasteiger partial charge in [0.25, 0.3) is 0 Å². The SMILES string of the molecule is CCC(C)CSC(C)C(=O)Nc1ccc(Cl)cc1N. The molecule has 0 spiro atoms. The van der Waals surface area contributed by atoms with Crippen LogP contribution in [0, 0.1) is 5.92 Å². The first-order valence-electron chi connectivity index (χ1n) is 6.41. The van der Waals surface area contributed by atoms with Crippen LogP contribution < -0.4 is 11.1 Å². The van der Waals surface area contributed by atoms with Crippen LogP contribution in [0.5, 0.6) is 0 Å². The van der Waals surface area contributed by atoms with E-state index in [0.717, 1.165) is 12.2 Å². The molecule has 1 aromatic carbocycles. The zero-order valence-corrected chi connectivity index (χ0v) is 13.1. The average Bonchev–Trinajstić information content (AvgIpc) is 2.38. The van der Waals surface area contributed by atoms with E-state index >= 15 is 0 Å². The second-order valence-corrected chi connectivity index (χ2v) is 6.52. The quantitative estimate of drug-likeness (QED) is 0.780. The number of hydrogen-bond acceptors (Lipinski definition) is 3. The molecule has 1 rings (SSSR count). The summed E-state index contributed by atoms with van der Waals surface area (Å²) in [5.74, 6) is 1.59. The van der Waals surface area contributed by atoms with Crippen molar-refractivity contribution in [3.05, 3.63) is 23.2 Å². The number of hydrogen-bond donors (Lipinski definition) is 2. The van der Waals surface area contributed by atoms with Gasteiger partial charge in [-0.3, -0.25) is 4.79 Å². The van der Waals surface area contributed by atoms with Gasteiger partial charge in [0, 0.05) is 5.02 Å². The fourth-order valence-corrected chi connectivity index (χ4v) is 2.63. The lowest BCUT2D eigenvalue weighted by atomic mass is 10.2. The highest BCUT2D eigenvalue weighted by Gasteiger charge is 2.15. The summed E-state index contributed by atoms with van der Waals surface area (Å²) in [6.07, 6.45) is 1.13. The number of carbonyl (C=O) groups excluding carboxylic acids is 1. The van der Waals surface area contributed by atoms with Gasteiger partial charge in [0.15, 0.2) is 0 Å². The summed E-state index contributed by atoms with van der Waals surface area (Å²) in [5, 5.41) is 3.31. The number of carbonyl (C=O) groups is 1. The molecule has 0 aliphatic rings. The van der Waals surface area contributed by atoms with Crippen LogP contribution in [-0.2, 0) is 4.79 Å². The predicted octanol–water partition coefficient (Wildman–Crippen LogP) is 4.03. The predicted molar refractivity (Wildman–Crippen MR) is 85.9 cm³/mol. The molecule has 0 heterocycles. The Morgan fingerprint density at radius 3 is 2.74 bits per heavy atom. The van der Waals surface area contributed by atoms with Gasteiger partial charge in [-0.05, 0) is 36.8 Å². The topological polar surface area (TPSA) is 55.1 Å². The average molecular weight is 301 g/mol. The van der Waals surface area contributed by atoms with Crippen LogP contribution in [-0.4, -0.2) is 16.9 Å². The molecule has 0 radical (unpaired) electrons. The molecule has 2 unspecified atom stereocenters. The molecular weight excluding hydrogens is 280 g/mol. The number of anilines is 2. The Bertz CT molecular complexity index is 439. The minimum absolute atomic E-state index is 0.0256. The summed E-state index contributed by atoms with van der Waals surface area (Å²) >= 11 is 7.49. The van der Waals surface area contributed by atoms with Gasteiger partial charge in [-0.25, -0.2) is 0 Å². The first kappa shape index (κ1) is 16.2. The molecule has 3 N–H and O–H groups in total. The molecule has 19 heavy (non-hydrogen) atoms. The Labute approximate surface area is 124 Å². The zero-order chi connectivity index (χ0) is 14.4. The van der Waals surface area contributed by atoms with Gasteiger partial charge in [0.05, 0.1) is 16.6 Å². The third-order valence-corrected chi connectivity index (χ3v) is 4.68. The van der Waals surface area contributed by atoms with Crippen molar-refractivity contribution >= 4 is 40.6 Å². The molecule has 1 amide bonds. The fraction of sp³-hybridized carbons (Fsp3) is 0.500. The van der Waals surface area contributed by atoms with E-state index in [0.29, 0.717) is 22.3 Å². The molecule has 106 valence electrons. The molecule has 0 saturated heterocycles. The summed E-state index contributed by atoms with van der Waals surface area (Å²) in [5.41, 5.74) is 6.91. The first-order chi connectivity index (χ1) is 8.93. The van der Waals surface area contributed by atoms with Gasteiger partial charge in [-0.1, -0.05) is 31.9 Å². The maximum Gasteiger partial charge on any atom is 0.237 e. The molecule has 0 bridgehead atoms. The van der Waals surface area contributed by atoms with Crippen molar-refractivity contribution in [1.82, 2.24) is 0 Å². The summed E-state index contributed by atoms with van der Waals surface area (Å²) in [6, 6.07) is 5.07. The van der Waals surface area contributed by atoms with Crippen LogP contribution in [0.3, 0.4) is 0 Å². The molecule has 5 heteroatoms. The highest BCUT2D eigenvalue weighted by molar-refractivity contribution is 8.00. The third kappa shape index (κ3) is 5.33. The molecule has 2 atom stereocenters. The van der Waals surface area contributed by atoms with Crippen LogP contribution >= 0.6 is 23.4 Å². The number of nitrogens with one attached hydrogen (secondary N) is 1. The molecule has 0 fully saturated rings. The molecular formula is C14H21ClN2OS. The van der Waals surface area contributed by atoms with Crippen molar-refractivity contribution in [2.24, 2.45) is 5.92 Å². The van der Waals surface area contributed by atoms with Gasteiger partial charge in [0.1, 0.15) is 0 Å². The molecule has 0 aliphatic carbocycles. The lowest BCUT2D eigenvalue weighted by molar-refractivity contribution is -0.115. The number of benzene rings is 1. The lowest BCUT2D eigenvalue weighted by Crippen LogP contribution is -2.23. The summed E-state index contributed by atoms with van der Waals surface area (Å²) in [7, 11) is 0. The molecule has 1 aromatic rings. The largest absolute Gasteiger partial charge is 0.397 e. The normalized spacial score (nSPS) is 13.9. The van der Waals surface area contributed by atoms with E-state index in [-0.39, 0.29) is 11.2 Å². The Morgan fingerprint density at radius 1 is 1.47 bits per heavy atom. The van der Waals surface area contributed by atoms with E-state index in [2.05, 4.69) is 19.2 Å². The maximum atomic E-state index is 12.0. The van der Waals surface area contributed by atoms with Crippen molar-refractivity contribution in [3.63, 3.8) is 0 Å². The van der Waals surface area contributed by atoms with E-state index in [1.807, 2.05) is 6.92 Å². The van der Waals surface area contributed by atoms with Gasteiger partial charge in [0.2, 0.25) is 5.91 Å². The standard InChI is InChI=1S/C14H21ClN2OS/c1-4-9(2)8-19-10(3)14(18)17-13-6-5-11(15)7-12(13)16/h5-7,9-10H,4,8,16H2,1-3H3,(H,17,18). The number of halogens is 1. The van der Waals surface area contributed by atoms with Crippen LogP contribution in [0.25, 0.3) is 0 Å². The monoisotopic (exact) mass is 300 g/mol. The Kier molecular flexibility index (Phi) is 6.52. The zero-order valence-electron chi connectivity index (χ0n) is 11.6.